The molecule has 3 rings (SSSR count). The summed E-state index contributed by atoms with van der Waals surface area (Å²) in [5, 5.41) is 0. The van der Waals surface area contributed by atoms with Gasteiger partial charge in [-0.25, -0.2) is 4.39 Å². The second-order valence-corrected chi connectivity index (χ2v) is 6.05. The number of rotatable bonds is 6. The Bertz CT molecular complexity index is 657. The van der Waals surface area contributed by atoms with Crippen LogP contribution >= 0.6 is 0 Å². The van der Waals surface area contributed by atoms with Gasteiger partial charge in [0.05, 0.1) is 12.3 Å². The number of benzene rings is 2. The monoisotopic (exact) mass is 329 g/mol. The maximum absolute atomic E-state index is 13.8. The summed E-state index contributed by atoms with van der Waals surface area (Å²) in [5.41, 5.74) is 7.16. The van der Waals surface area contributed by atoms with E-state index in [0.29, 0.717) is 12.3 Å². The van der Waals surface area contributed by atoms with E-state index in [2.05, 4.69) is 9.80 Å². The molecule has 5 heteroatoms. The summed E-state index contributed by atoms with van der Waals surface area (Å²) in [4.78, 5) is 4.52. The van der Waals surface area contributed by atoms with Crippen LogP contribution in [0, 0.1) is 5.82 Å². The van der Waals surface area contributed by atoms with Crippen LogP contribution in [0.5, 0.6) is 5.75 Å². The zero-order valence-corrected chi connectivity index (χ0v) is 13.8. The number of piperazine rings is 1. The van der Waals surface area contributed by atoms with Gasteiger partial charge in [0, 0.05) is 44.5 Å². The minimum absolute atomic E-state index is 0.138. The van der Waals surface area contributed by atoms with Crippen LogP contribution in [0.3, 0.4) is 0 Å². The van der Waals surface area contributed by atoms with Crippen LogP contribution in [-0.4, -0.2) is 44.2 Å². The fourth-order valence-corrected chi connectivity index (χ4v) is 3.00. The van der Waals surface area contributed by atoms with Gasteiger partial charge in [0.2, 0.25) is 0 Å². The molecule has 1 aliphatic rings. The summed E-state index contributed by atoms with van der Waals surface area (Å²) < 4.78 is 19.5. The van der Waals surface area contributed by atoms with E-state index in [1.165, 1.54) is 6.07 Å². The SMILES string of the molecule is Nc1cccc(OCCCN2CCN(c3ccccc3F)CC2)c1. The molecule has 24 heavy (non-hydrogen) atoms. The number of hydrogen-bond acceptors (Lipinski definition) is 4. The highest BCUT2D eigenvalue weighted by molar-refractivity contribution is 5.48. The van der Waals surface area contributed by atoms with Crippen LogP contribution in [0.4, 0.5) is 15.8 Å². The third-order valence-corrected chi connectivity index (χ3v) is 4.31. The highest BCUT2D eigenvalue weighted by Crippen LogP contribution is 2.20. The molecule has 0 spiro atoms. The molecule has 1 fully saturated rings. The predicted molar refractivity (Wildman–Crippen MR) is 96.0 cm³/mol. The second kappa shape index (κ2) is 8.02. The van der Waals surface area contributed by atoms with Crippen LogP contribution in [0.2, 0.25) is 0 Å². The fourth-order valence-electron chi connectivity index (χ4n) is 3.00. The lowest BCUT2D eigenvalue weighted by Gasteiger charge is -2.36. The lowest BCUT2D eigenvalue weighted by Crippen LogP contribution is -2.47. The van der Waals surface area contributed by atoms with Crippen molar-refractivity contribution in [1.29, 1.82) is 0 Å². The van der Waals surface area contributed by atoms with Gasteiger partial charge in [-0.05, 0) is 30.7 Å². The molecule has 1 heterocycles. The van der Waals surface area contributed by atoms with Gasteiger partial charge in [-0.1, -0.05) is 18.2 Å². The van der Waals surface area contributed by atoms with Crippen molar-refractivity contribution in [2.24, 2.45) is 0 Å². The highest BCUT2D eigenvalue weighted by atomic mass is 19.1. The normalized spacial score (nSPS) is 15.5. The number of ether oxygens (including phenoxy) is 1. The van der Waals surface area contributed by atoms with Gasteiger partial charge >= 0.3 is 0 Å². The van der Waals surface area contributed by atoms with Crippen LogP contribution in [0.25, 0.3) is 0 Å². The summed E-state index contributed by atoms with van der Waals surface area (Å²) >= 11 is 0. The van der Waals surface area contributed by atoms with Crippen LogP contribution in [0.15, 0.2) is 48.5 Å². The maximum Gasteiger partial charge on any atom is 0.146 e. The lowest BCUT2D eigenvalue weighted by atomic mass is 10.2. The van der Waals surface area contributed by atoms with E-state index in [1.54, 1.807) is 6.07 Å². The quantitative estimate of drug-likeness (QED) is 0.653. The summed E-state index contributed by atoms with van der Waals surface area (Å²) in [5.74, 6) is 0.681. The standard InChI is InChI=1S/C19H24FN3O/c20-18-7-1-2-8-19(18)23-12-10-22(11-13-23)9-4-14-24-17-6-3-5-16(21)15-17/h1-3,5-8,15H,4,9-14,21H2. The topological polar surface area (TPSA) is 41.7 Å². The van der Waals surface area contributed by atoms with Crippen molar-refractivity contribution in [2.45, 2.75) is 6.42 Å². The van der Waals surface area contributed by atoms with Gasteiger partial charge in [-0.15, -0.1) is 0 Å². The summed E-state index contributed by atoms with van der Waals surface area (Å²) in [6.07, 6.45) is 0.967. The van der Waals surface area contributed by atoms with Crippen LogP contribution in [-0.2, 0) is 0 Å². The first-order valence-electron chi connectivity index (χ1n) is 8.42. The van der Waals surface area contributed by atoms with Crippen molar-refractivity contribution in [2.75, 3.05) is 50.0 Å². The Balaban J connectivity index is 1.38. The number of halogens is 1. The first kappa shape index (κ1) is 16.6. The molecule has 0 unspecified atom stereocenters. The molecule has 2 aromatic carbocycles. The molecule has 0 amide bonds. The average molecular weight is 329 g/mol. The van der Waals surface area contributed by atoms with E-state index in [1.807, 2.05) is 36.4 Å². The lowest BCUT2D eigenvalue weighted by molar-refractivity contribution is 0.224. The van der Waals surface area contributed by atoms with Crippen LogP contribution < -0.4 is 15.4 Å². The largest absolute Gasteiger partial charge is 0.493 e. The Morgan fingerprint density at radius 3 is 2.54 bits per heavy atom. The minimum atomic E-state index is -0.138. The highest BCUT2D eigenvalue weighted by Gasteiger charge is 2.18. The summed E-state index contributed by atoms with van der Waals surface area (Å²) in [6, 6.07) is 14.5. The Labute approximate surface area is 142 Å². The van der Waals surface area contributed by atoms with E-state index >= 15 is 0 Å². The van der Waals surface area contributed by atoms with E-state index in [0.717, 1.165) is 50.6 Å². The molecule has 0 saturated carbocycles. The van der Waals surface area contributed by atoms with E-state index < -0.39 is 0 Å². The fraction of sp³-hybridized carbons (Fsp3) is 0.368. The van der Waals surface area contributed by atoms with E-state index in [9.17, 15) is 4.39 Å². The Kier molecular flexibility index (Phi) is 5.54. The van der Waals surface area contributed by atoms with Gasteiger partial charge in [0.15, 0.2) is 0 Å². The summed E-state index contributed by atoms with van der Waals surface area (Å²) in [6.45, 7) is 5.29. The third kappa shape index (κ3) is 4.38. The van der Waals surface area contributed by atoms with E-state index in [4.69, 9.17) is 10.5 Å². The predicted octanol–water partition coefficient (Wildman–Crippen LogP) is 3.00. The molecule has 0 aliphatic carbocycles. The van der Waals surface area contributed by atoms with Gasteiger partial charge in [-0.2, -0.15) is 0 Å². The number of para-hydroxylation sites is 1. The number of nitrogens with two attached hydrogens (primary N) is 1. The van der Waals surface area contributed by atoms with Crippen LogP contribution in [0.1, 0.15) is 6.42 Å². The molecule has 2 aromatic rings. The Morgan fingerprint density at radius 1 is 1.00 bits per heavy atom. The number of nitrogens with zero attached hydrogens (tertiary/aromatic N) is 2. The van der Waals surface area contributed by atoms with Crippen molar-refractivity contribution in [1.82, 2.24) is 4.90 Å². The van der Waals surface area contributed by atoms with Gasteiger partial charge in [-0.3, -0.25) is 4.90 Å². The van der Waals surface area contributed by atoms with Gasteiger partial charge < -0.3 is 15.4 Å². The van der Waals surface area contributed by atoms with Crippen molar-refractivity contribution < 1.29 is 9.13 Å². The molecule has 0 bridgehead atoms. The zero-order chi connectivity index (χ0) is 16.8. The molecular weight excluding hydrogens is 305 g/mol. The maximum atomic E-state index is 13.8. The molecule has 0 atom stereocenters. The van der Waals surface area contributed by atoms with E-state index in [-0.39, 0.29) is 5.82 Å². The molecule has 2 N–H and O–H groups in total. The molecule has 0 aromatic heterocycles. The molecule has 4 nitrogen and oxygen atoms in total. The molecule has 128 valence electrons. The first-order valence-corrected chi connectivity index (χ1v) is 8.42. The number of hydrogen-bond donors (Lipinski definition) is 1. The molecule has 1 saturated heterocycles. The zero-order valence-electron chi connectivity index (χ0n) is 13.8. The van der Waals surface area contributed by atoms with Crippen molar-refractivity contribution in [3.05, 3.63) is 54.3 Å². The smallest absolute Gasteiger partial charge is 0.146 e. The van der Waals surface area contributed by atoms with Crippen molar-refractivity contribution in [3.8, 4) is 5.75 Å². The molecule has 1 aliphatic heterocycles. The average Bonchev–Trinajstić information content (AvgIpc) is 2.60. The first-order chi connectivity index (χ1) is 11.7. The third-order valence-electron chi connectivity index (χ3n) is 4.31. The van der Waals surface area contributed by atoms with Gasteiger partial charge in [0.25, 0.3) is 0 Å². The minimum Gasteiger partial charge on any atom is -0.493 e. The Hall–Kier alpha value is -2.27. The molecular formula is C19H24FN3O. The molecule has 0 radical (unpaired) electrons. The number of anilines is 2. The summed E-state index contributed by atoms with van der Waals surface area (Å²) in [7, 11) is 0. The van der Waals surface area contributed by atoms with Crippen molar-refractivity contribution >= 4 is 11.4 Å². The second-order valence-electron chi connectivity index (χ2n) is 6.05. The Morgan fingerprint density at radius 2 is 1.79 bits per heavy atom. The van der Waals surface area contributed by atoms with Crippen molar-refractivity contribution in [3.63, 3.8) is 0 Å². The number of nitrogen functional groups attached to an aromatic ring is 1. The van der Waals surface area contributed by atoms with Gasteiger partial charge in [0.1, 0.15) is 11.6 Å².